The van der Waals surface area contributed by atoms with E-state index in [-0.39, 0.29) is 0 Å². The van der Waals surface area contributed by atoms with E-state index in [1.54, 1.807) is 0 Å². The molecule has 15 heavy (non-hydrogen) atoms. The van der Waals surface area contributed by atoms with Crippen molar-refractivity contribution in [1.82, 2.24) is 5.32 Å². The second-order valence-corrected chi connectivity index (χ2v) is 4.10. The van der Waals surface area contributed by atoms with Gasteiger partial charge in [0.05, 0.1) is 6.61 Å². The first kappa shape index (κ1) is 10.5. The van der Waals surface area contributed by atoms with Crippen molar-refractivity contribution >= 4 is 0 Å². The van der Waals surface area contributed by atoms with Crippen molar-refractivity contribution in [3.8, 4) is 5.75 Å². The molecule has 1 aromatic carbocycles. The van der Waals surface area contributed by atoms with Gasteiger partial charge in [-0.25, -0.2) is 0 Å². The van der Waals surface area contributed by atoms with Crippen LogP contribution in [0.15, 0.2) is 18.2 Å². The number of aryl methyl sites for hydroxylation is 1. The largest absolute Gasteiger partial charge is 0.494 e. The highest BCUT2D eigenvalue weighted by molar-refractivity contribution is 5.37. The summed E-state index contributed by atoms with van der Waals surface area (Å²) in [6, 6.07) is 6.97. The zero-order valence-corrected chi connectivity index (χ0v) is 9.55. The summed E-state index contributed by atoms with van der Waals surface area (Å²) in [7, 11) is 0. The molecule has 0 amide bonds. The van der Waals surface area contributed by atoms with E-state index in [4.69, 9.17) is 4.74 Å². The van der Waals surface area contributed by atoms with Crippen LogP contribution < -0.4 is 10.1 Å². The normalized spacial score (nSPS) is 20.5. The smallest absolute Gasteiger partial charge is 0.119 e. The van der Waals surface area contributed by atoms with E-state index in [1.165, 1.54) is 24.0 Å². The maximum absolute atomic E-state index is 5.48. The third kappa shape index (κ3) is 2.32. The van der Waals surface area contributed by atoms with Crippen molar-refractivity contribution in [2.75, 3.05) is 13.2 Å². The van der Waals surface area contributed by atoms with E-state index in [1.807, 2.05) is 6.92 Å². The van der Waals surface area contributed by atoms with Crippen LogP contribution >= 0.6 is 0 Å². The Hall–Kier alpha value is -1.02. The first-order valence-electron chi connectivity index (χ1n) is 5.78. The van der Waals surface area contributed by atoms with Crippen molar-refractivity contribution in [1.29, 1.82) is 0 Å². The van der Waals surface area contributed by atoms with Gasteiger partial charge in [0.25, 0.3) is 0 Å². The number of nitrogens with one attached hydrogen (secondary N) is 1. The molecule has 1 N–H and O–H groups in total. The van der Waals surface area contributed by atoms with E-state index in [0.29, 0.717) is 6.04 Å². The van der Waals surface area contributed by atoms with Crippen molar-refractivity contribution in [3.63, 3.8) is 0 Å². The molecule has 1 fully saturated rings. The van der Waals surface area contributed by atoms with Crippen molar-refractivity contribution < 1.29 is 4.74 Å². The number of hydrogen-bond donors (Lipinski definition) is 1. The maximum atomic E-state index is 5.48. The molecule has 1 saturated heterocycles. The summed E-state index contributed by atoms with van der Waals surface area (Å²) >= 11 is 0. The first-order chi connectivity index (χ1) is 7.31. The molecule has 1 aliphatic rings. The van der Waals surface area contributed by atoms with Gasteiger partial charge in [-0.15, -0.1) is 0 Å². The second kappa shape index (κ2) is 4.67. The fourth-order valence-corrected chi connectivity index (χ4v) is 2.25. The van der Waals surface area contributed by atoms with Crippen LogP contribution in [0.25, 0.3) is 0 Å². The predicted octanol–water partition coefficient (Wildman–Crippen LogP) is 2.82. The minimum atomic E-state index is 0.556. The molecule has 0 aliphatic carbocycles. The van der Waals surface area contributed by atoms with E-state index in [9.17, 15) is 0 Å². The molecule has 0 radical (unpaired) electrons. The zero-order chi connectivity index (χ0) is 10.7. The fraction of sp³-hybridized carbons (Fsp3) is 0.538. The van der Waals surface area contributed by atoms with Crippen molar-refractivity contribution in [2.24, 2.45) is 0 Å². The molecule has 0 aromatic heterocycles. The zero-order valence-electron chi connectivity index (χ0n) is 9.55. The Balaban J connectivity index is 2.18. The molecule has 1 unspecified atom stereocenters. The average molecular weight is 205 g/mol. The Morgan fingerprint density at radius 2 is 2.33 bits per heavy atom. The molecule has 1 atom stereocenters. The summed E-state index contributed by atoms with van der Waals surface area (Å²) in [4.78, 5) is 0. The molecular weight excluding hydrogens is 186 g/mol. The fourth-order valence-electron chi connectivity index (χ4n) is 2.25. The van der Waals surface area contributed by atoms with E-state index >= 15 is 0 Å². The summed E-state index contributed by atoms with van der Waals surface area (Å²) in [5, 5.41) is 3.52. The van der Waals surface area contributed by atoms with Gasteiger partial charge < -0.3 is 10.1 Å². The number of rotatable bonds is 3. The highest BCUT2D eigenvalue weighted by Gasteiger charge is 2.17. The maximum Gasteiger partial charge on any atom is 0.119 e. The van der Waals surface area contributed by atoms with Gasteiger partial charge in [0.15, 0.2) is 0 Å². The van der Waals surface area contributed by atoms with Crippen LogP contribution in [-0.4, -0.2) is 13.2 Å². The first-order valence-corrected chi connectivity index (χ1v) is 5.78. The van der Waals surface area contributed by atoms with Gasteiger partial charge >= 0.3 is 0 Å². The Kier molecular flexibility index (Phi) is 3.27. The Morgan fingerprint density at radius 1 is 1.47 bits per heavy atom. The number of benzene rings is 1. The minimum absolute atomic E-state index is 0.556. The third-order valence-electron chi connectivity index (χ3n) is 2.99. The summed E-state index contributed by atoms with van der Waals surface area (Å²) in [6.07, 6.45) is 2.55. The minimum Gasteiger partial charge on any atom is -0.494 e. The van der Waals surface area contributed by atoms with Gasteiger partial charge in [-0.2, -0.15) is 0 Å². The Bertz CT molecular complexity index is 329. The van der Waals surface area contributed by atoms with Crippen LogP contribution in [0.3, 0.4) is 0 Å². The van der Waals surface area contributed by atoms with Crippen LogP contribution in [0.5, 0.6) is 5.75 Å². The molecule has 1 heterocycles. The second-order valence-electron chi connectivity index (χ2n) is 4.10. The van der Waals surface area contributed by atoms with Crippen LogP contribution in [0.2, 0.25) is 0 Å². The van der Waals surface area contributed by atoms with E-state index < -0.39 is 0 Å². The van der Waals surface area contributed by atoms with E-state index in [0.717, 1.165) is 18.9 Å². The molecule has 0 spiro atoms. The molecule has 82 valence electrons. The van der Waals surface area contributed by atoms with Gasteiger partial charge in [0.1, 0.15) is 5.75 Å². The quantitative estimate of drug-likeness (QED) is 0.819. The molecule has 0 bridgehead atoms. The van der Waals surface area contributed by atoms with Crippen LogP contribution in [0.4, 0.5) is 0 Å². The SMILES string of the molecule is CCOc1ccc(C2CCCN2)c(C)c1. The summed E-state index contributed by atoms with van der Waals surface area (Å²) in [5.74, 6) is 0.983. The van der Waals surface area contributed by atoms with Crippen LogP contribution in [0, 0.1) is 6.92 Å². The lowest BCUT2D eigenvalue weighted by molar-refractivity contribution is 0.340. The highest BCUT2D eigenvalue weighted by Crippen LogP contribution is 2.28. The van der Waals surface area contributed by atoms with Gasteiger partial charge in [0, 0.05) is 6.04 Å². The van der Waals surface area contributed by atoms with Crippen molar-refractivity contribution in [2.45, 2.75) is 32.7 Å². The van der Waals surface area contributed by atoms with Gasteiger partial charge in [-0.05, 0) is 56.5 Å². The average Bonchev–Trinajstić information content (AvgIpc) is 2.71. The highest BCUT2D eigenvalue weighted by atomic mass is 16.5. The lowest BCUT2D eigenvalue weighted by atomic mass is 10.00. The van der Waals surface area contributed by atoms with Crippen LogP contribution in [-0.2, 0) is 0 Å². The van der Waals surface area contributed by atoms with Crippen LogP contribution in [0.1, 0.15) is 36.9 Å². The van der Waals surface area contributed by atoms with E-state index in [2.05, 4.69) is 30.4 Å². The summed E-state index contributed by atoms with van der Waals surface area (Å²) in [5.41, 5.74) is 2.76. The molecule has 1 aliphatic heterocycles. The molecule has 2 nitrogen and oxygen atoms in total. The summed E-state index contributed by atoms with van der Waals surface area (Å²) < 4.78 is 5.48. The standard InChI is InChI=1S/C13H19NO/c1-3-15-11-6-7-12(10(2)9-11)13-5-4-8-14-13/h6-7,9,13-14H,3-5,8H2,1-2H3. The topological polar surface area (TPSA) is 21.3 Å². The monoisotopic (exact) mass is 205 g/mol. The molecule has 0 saturated carbocycles. The molecule has 1 aromatic rings. The molecule has 2 rings (SSSR count). The molecular formula is C13H19NO. The third-order valence-corrected chi connectivity index (χ3v) is 2.99. The van der Waals surface area contributed by atoms with Gasteiger partial charge in [-0.1, -0.05) is 6.07 Å². The van der Waals surface area contributed by atoms with Gasteiger partial charge in [0.2, 0.25) is 0 Å². The van der Waals surface area contributed by atoms with Crippen molar-refractivity contribution in [3.05, 3.63) is 29.3 Å². The predicted molar refractivity (Wildman–Crippen MR) is 62.3 cm³/mol. The Morgan fingerprint density at radius 3 is 2.93 bits per heavy atom. The number of hydrogen-bond acceptors (Lipinski definition) is 2. The Labute approximate surface area is 91.6 Å². The number of ether oxygens (including phenoxy) is 1. The summed E-state index contributed by atoms with van der Waals surface area (Å²) in [6.45, 7) is 6.07. The lowest BCUT2D eigenvalue weighted by Crippen LogP contribution is -2.13. The van der Waals surface area contributed by atoms with Gasteiger partial charge in [-0.3, -0.25) is 0 Å². The molecule has 2 heteroatoms. The lowest BCUT2D eigenvalue weighted by Gasteiger charge is -2.15.